The van der Waals surface area contributed by atoms with Crippen LogP contribution >= 0.6 is 23.1 Å². The normalized spacial score (nSPS) is 15.2. The Bertz CT molecular complexity index is 855. The Balaban J connectivity index is 1.23. The highest BCUT2D eigenvalue weighted by Gasteiger charge is 2.23. The Kier molecular flexibility index (Phi) is 5.89. The van der Waals surface area contributed by atoms with Crippen molar-refractivity contribution in [2.45, 2.75) is 24.4 Å². The topological polar surface area (TPSA) is 61.9 Å². The minimum Gasteiger partial charge on any atom is -0.342 e. The number of hydrogen-bond acceptors (Lipinski definition) is 5. The minimum atomic E-state index is 0.181. The zero-order valence-corrected chi connectivity index (χ0v) is 16.6. The van der Waals surface area contributed by atoms with Gasteiger partial charge in [-0.05, 0) is 42.2 Å². The van der Waals surface area contributed by atoms with E-state index in [9.17, 15) is 4.79 Å². The van der Waals surface area contributed by atoms with E-state index in [-0.39, 0.29) is 5.91 Å². The molecule has 1 fully saturated rings. The van der Waals surface area contributed by atoms with Gasteiger partial charge in [0.1, 0.15) is 0 Å². The molecule has 0 radical (unpaired) electrons. The summed E-state index contributed by atoms with van der Waals surface area (Å²) in [5, 5.41) is 9.79. The maximum Gasteiger partial charge on any atom is 0.233 e. The predicted octanol–water partition coefficient (Wildman–Crippen LogP) is 4.11. The molecule has 1 amide bonds. The number of aromatic nitrogens is 3. The van der Waals surface area contributed by atoms with E-state index in [2.05, 4.69) is 45.5 Å². The minimum absolute atomic E-state index is 0.181. The van der Waals surface area contributed by atoms with E-state index in [0.717, 1.165) is 43.1 Å². The predicted molar refractivity (Wildman–Crippen MR) is 110 cm³/mol. The summed E-state index contributed by atoms with van der Waals surface area (Å²) in [5.41, 5.74) is 1.39. The first kappa shape index (κ1) is 18.3. The maximum absolute atomic E-state index is 12.5. The molecule has 3 aromatic rings. The molecule has 7 heteroatoms. The van der Waals surface area contributed by atoms with E-state index >= 15 is 0 Å². The van der Waals surface area contributed by atoms with Crippen LogP contribution in [0, 0.1) is 5.92 Å². The van der Waals surface area contributed by atoms with E-state index in [1.165, 1.54) is 17.3 Å². The lowest BCUT2D eigenvalue weighted by Crippen LogP contribution is -2.39. The Hall–Kier alpha value is -2.12. The molecule has 5 nitrogen and oxygen atoms in total. The molecule has 27 heavy (non-hydrogen) atoms. The van der Waals surface area contributed by atoms with Crippen LogP contribution in [0.2, 0.25) is 0 Å². The zero-order valence-electron chi connectivity index (χ0n) is 15.0. The van der Waals surface area contributed by atoms with Crippen LogP contribution in [0.25, 0.3) is 10.7 Å². The fraction of sp³-hybridized carbons (Fsp3) is 0.350. The maximum atomic E-state index is 12.5. The summed E-state index contributed by atoms with van der Waals surface area (Å²) in [7, 11) is 0. The lowest BCUT2D eigenvalue weighted by Gasteiger charge is -2.32. The lowest BCUT2D eigenvalue weighted by atomic mass is 9.90. The van der Waals surface area contributed by atoms with Crippen molar-refractivity contribution < 1.29 is 4.79 Å². The Morgan fingerprint density at radius 2 is 2.00 bits per heavy atom. The van der Waals surface area contributed by atoms with Gasteiger partial charge in [-0.3, -0.25) is 9.89 Å². The molecule has 0 atom stereocenters. The molecule has 0 bridgehead atoms. The summed E-state index contributed by atoms with van der Waals surface area (Å²) < 4.78 is 0. The van der Waals surface area contributed by atoms with Gasteiger partial charge in [0.05, 0.1) is 10.6 Å². The highest BCUT2D eigenvalue weighted by Crippen LogP contribution is 2.25. The summed E-state index contributed by atoms with van der Waals surface area (Å²) in [6, 6.07) is 14.6. The SMILES string of the molecule is O=C(CSc1n[nH]c(-c2cccs2)n1)N1CCC(Cc2ccccc2)CC1. The van der Waals surface area contributed by atoms with Crippen LogP contribution in [-0.2, 0) is 11.2 Å². The molecule has 0 spiro atoms. The van der Waals surface area contributed by atoms with E-state index in [1.807, 2.05) is 22.4 Å². The van der Waals surface area contributed by atoms with E-state index in [0.29, 0.717) is 16.8 Å². The summed E-state index contributed by atoms with van der Waals surface area (Å²) in [5.74, 6) is 2.01. The highest BCUT2D eigenvalue weighted by atomic mass is 32.2. The molecule has 2 aromatic heterocycles. The largest absolute Gasteiger partial charge is 0.342 e. The number of thiophene rings is 1. The quantitative estimate of drug-likeness (QED) is 0.635. The zero-order chi connectivity index (χ0) is 18.5. The number of thioether (sulfide) groups is 1. The van der Waals surface area contributed by atoms with Crippen LogP contribution in [0.3, 0.4) is 0 Å². The van der Waals surface area contributed by atoms with Crippen molar-refractivity contribution in [1.82, 2.24) is 20.1 Å². The summed E-state index contributed by atoms with van der Waals surface area (Å²) >= 11 is 3.02. The Labute approximate surface area is 167 Å². The molecule has 3 heterocycles. The molecule has 4 rings (SSSR count). The first-order valence-corrected chi connectivity index (χ1v) is 11.1. The smallest absolute Gasteiger partial charge is 0.233 e. The van der Waals surface area contributed by atoms with Gasteiger partial charge in [-0.2, -0.15) is 0 Å². The Morgan fingerprint density at radius 1 is 1.19 bits per heavy atom. The van der Waals surface area contributed by atoms with Crippen LogP contribution in [-0.4, -0.2) is 44.8 Å². The molecule has 0 unspecified atom stereocenters. The van der Waals surface area contributed by atoms with Crippen molar-refractivity contribution >= 4 is 29.0 Å². The molecular formula is C20H22N4OS2. The van der Waals surface area contributed by atoms with Crippen molar-refractivity contribution in [3.05, 3.63) is 53.4 Å². The number of benzene rings is 1. The number of H-pyrrole nitrogens is 1. The van der Waals surface area contributed by atoms with Crippen molar-refractivity contribution in [3.63, 3.8) is 0 Å². The standard InChI is InChI=1S/C20H22N4OS2/c25-18(14-27-20-21-19(22-23-20)17-7-4-12-26-17)24-10-8-16(9-11-24)13-15-5-2-1-3-6-15/h1-7,12,16H,8-11,13-14H2,(H,21,22,23). The monoisotopic (exact) mass is 398 g/mol. The van der Waals surface area contributed by atoms with Gasteiger partial charge in [0.25, 0.3) is 0 Å². The van der Waals surface area contributed by atoms with Crippen molar-refractivity contribution in [3.8, 4) is 10.7 Å². The van der Waals surface area contributed by atoms with Gasteiger partial charge in [-0.1, -0.05) is 48.2 Å². The molecular weight excluding hydrogens is 376 g/mol. The van der Waals surface area contributed by atoms with Crippen molar-refractivity contribution in [2.24, 2.45) is 5.92 Å². The molecule has 1 N–H and O–H groups in total. The average molecular weight is 399 g/mol. The van der Waals surface area contributed by atoms with Crippen LogP contribution in [0.4, 0.5) is 0 Å². The second kappa shape index (κ2) is 8.71. The molecule has 1 saturated heterocycles. The van der Waals surface area contributed by atoms with Crippen molar-refractivity contribution in [2.75, 3.05) is 18.8 Å². The van der Waals surface area contributed by atoms with Gasteiger partial charge in [0, 0.05) is 13.1 Å². The number of carbonyl (C=O) groups excluding carboxylic acids is 1. The fourth-order valence-electron chi connectivity index (χ4n) is 3.39. The average Bonchev–Trinajstić information content (AvgIpc) is 3.39. The van der Waals surface area contributed by atoms with Gasteiger partial charge < -0.3 is 4.90 Å². The molecule has 140 valence electrons. The number of aromatic amines is 1. The molecule has 0 saturated carbocycles. The molecule has 0 aliphatic carbocycles. The number of carbonyl (C=O) groups is 1. The molecule has 1 aliphatic rings. The summed E-state index contributed by atoms with van der Waals surface area (Å²) in [6.45, 7) is 1.71. The second-order valence-electron chi connectivity index (χ2n) is 6.75. The summed E-state index contributed by atoms with van der Waals surface area (Å²) in [4.78, 5) is 20.0. The van der Waals surface area contributed by atoms with Crippen LogP contribution in [0.1, 0.15) is 18.4 Å². The third-order valence-corrected chi connectivity index (χ3v) is 6.59. The van der Waals surface area contributed by atoms with Crippen molar-refractivity contribution in [1.29, 1.82) is 0 Å². The van der Waals surface area contributed by atoms with Gasteiger partial charge in [0.15, 0.2) is 5.82 Å². The van der Waals surface area contributed by atoms with Gasteiger partial charge >= 0.3 is 0 Å². The van der Waals surface area contributed by atoms with Gasteiger partial charge in [-0.15, -0.1) is 16.4 Å². The number of hydrogen-bond donors (Lipinski definition) is 1. The van der Waals surface area contributed by atoms with Crippen LogP contribution < -0.4 is 0 Å². The first-order valence-electron chi connectivity index (χ1n) is 9.19. The van der Waals surface area contributed by atoms with Crippen LogP contribution in [0.5, 0.6) is 0 Å². The third-order valence-electron chi connectivity index (χ3n) is 4.88. The molecule has 1 aromatic carbocycles. The number of amides is 1. The van der Waals surface area contributed by atoms with Gasteiger partial charge in [-0.25, -0.2) is 4.98 Å². The fourth-order valence-corrected chi connectivity index (χ4v) is 4.75. The second-order valence-corrected chi connectivity index (χ2v) is 8.64. The molecule has 1 aliphatic heterocycles. The third kappa shape index (κ3) is 4.78. The first-order chi connectivity index (χ1) is 13.3. The van der Waals surface area contributed by atoms with Gasteiger partial charge in [0.2, 0.25) is 11.1 Å². The van der Waals surface area contributed by atoms with E-state index in [1.54, 1.807) is 11.3 Å². The Morgan fingerprint density at radius 3 is 2.74 bits per heavy atom. The number of nitrogens with zero attached hydrogens (tertiary/aromatic N) is 3. The summed E-state index contributed by atoms with van der Waals surface area (Å²) in [6.07, 6.45) is 3.27. The highest BCUT2D eigenvalue weighted by molar-refractivity contribution is 7.99. The van der Waals surface area contributed by atoms with E-state index in [4.69, 9.17) is 0 Å². The van der Waals surface area contributed by atoms with Crippen LogP contribution in [0.15, 0.2) is 53.0 Å². The number of piperidine rings is 1. The van der Waals surface area contributed by atoms with E-state index < -0.39 is 0 Å². The number of nitrogens with one attached hydrogen (secondary N) is 1. The number of likely N-dealkylation sites (tertiary alicyclic amines) is 1. The lowest BCUT2D eigenvalue weighted by molar-refractivity contribution is -0.129. The number of rotatable bonds is 6.